The van der Waals surface area contributed by atoms with Crippen molar-refractivity contribution in [3.05, 3.63) is 109 Å². The highest BCUT2D eigenvalue weighted by Crippen LogP contribution is 2.45. The molecule has 0 aliphatic rings. The van der Waals surface area contributed by atoms with Gasteiger partial charge in [0.15, 0.2) is 12.2 Å². The van der Waals surface area contributed by atoms with E-state index in [1.54, 1.807) is 0 Å². The maximum atomic E-state index is 13.1. The first kappa shape index (κ1) is 99.7. The second-order valence-corrected chi connectivity index (χ2v) is 30.3. The Morgan fingerprint density at radius 3 is 0.760 bits per heavy atom. The van der Waals surface area contributed by atoms with Gasteiger partial charge in [0.25, 0.3) is 0 Å². The third-order valence-corrected chi connectivity index (χ3v) is 19.1. The molecule has 17 nitrogen and oxygen atoms in total. The molecular weight excluding hydrogens is 1350 g/mol. The van der Waals surface area contributed by atoms with Crippen molar-refractivity contribution in [1.29, 1.82) is 0 Å². The molecule has 104 heavy (non-hydrogen) atoms. The fourth-order valence-electron chi connectivity index (χ4n) is 10.8. The summed E-state index contributed by atoms with van der Waals surface area (Å²) in [4.78, 5) is 73.0. The maximum absolute atomic E-state index is 13.1. The summed E-state index contributed by atoms with van der Waals surface area (Å²) in [7, 11) is -9.97. The molecular formula is C85H148O17P2. The van der Waals surface area contributed by atoms with E-state index in [1.165, 1.54) is 70.6 Å². The van der Waals surface area contributed by atoms with E-state index in [0.717, 1.165) is 199 Å². The Labute approximate surface area is 632 Å². The third kappa shape index (κ3) is 75.9. The standard InChI is InChI=1S/C85H148O17P2/c1-5-9-13-17-21-25-29-32-35-37-39-41-44-46-50-53-57-61-65-69-82(87)95-75-80(101-84(89)71-67-63-59-55-49-28-24-20-16-12-8-4)77-99-103(91,92)97-73-79(86)74-98-104(93,94)100-78-81(102-85(90)72-68-64-60-56-52-48-43-34-31-27-23-19-15-11-7-3)76-96-83(88)70-66-62-58-54-51-47-45-42-40-38-36-33-30-26-22-18-14-10-6-2/h20-27,32-36,39-43,79-81,86H,5-19,28-31,37-38,44-78H2,1-4H3,(H,91,92)(H,93,94)/b24-20-,25-21-,26-22-,27-23-,35-32-,36-33-,41-39-,42-40-,43-34-. The van der Waals surface area contributed by atoms with Crippen LogP contribution in [0.5, 0.6) is 0 Å². The van der Waals surface area contributed by atoms with Gasteiger partial charge in [-0.05, 0) is 154 Å². The molecule has 3 N–H and O–H groups in total. The highest BCUT2D eigenvalue weighted by atomic mass is 31.2. The number of phosphoric acid groups is 2. The van der Waals surface area contributed by atoms with Gasteiger partial charge in [0, 0.05) is 25.7 Å². The van der Waals surface area contributed by atoms with Gasteiger partial charge in [0.05, 0.1) is 26.4 Å². The van der Waals surface area contributed by atoms with Crippen LogP contribution < -0.4 is 0 Å². The van der Waals surface area contributed by atoms with E-state index < -0.39 is 97.5 Å². The Hall–Kier alpha value is -4.28. The molecule has 0 fully saturated rings. The number of carbonyl (C=O) groups is 4. The maximum Gasteiger partial charge on any atom is 0.472 e. The van der Waals surface area contributed by atoms with Crippen LogP contribution in [0.4, 0.5) is 0 Å². The van der Waals surface area contributed by atoms with E-state index in [9.17, 15) is 43.2 Å². The quantitative estimate of drug-likeness (QED) is 0.0169. The molecule has 0 saturated heterocycles. The molecule has 0 aromatic carbocycles. The minimum atomic E-state index is -4.99. The Morgan fingerprint density at radius 2 is 0.481 bits per heavy atom. The van der Waals surface area contributed by atoms with Crippen LogP contribution in [0.2, 0.25) is 0 Å². The molecule has 0 aromatic heterocycles. The van der Waals surface area contributed by atoms with Crippen LogP contribution in [-0.4, -0.2) is 96.7 Å². The predicted molar refractivity (Wildman–Crippen MR) is 427 cm³/mol. The van der Waals surface area contributed by atoms with E-state index in [1.807, 2.05) is 0 Å². The highest BCUT2D eigenvalue weighted by molar-refractivity contribution is 7.47. The van der Waals surface area contributed by atoms with Crippen molar-refractivity contribution in [3.63, 3.8) is 0 Å². The molecule has 0 aliphatic carbocycles. The van der Waals surface area contributed by atoms with Crippen LogP contribution in [-0.2, 0) is 65.4 Å². The van der Waals surface area contributed by atoms with Crippen molar-refractivity contribution in [3.8, 4) is 0 Å². The van der Waals surface area contributed by atoms with Gasteiger partial charge in [-0.3, -0.25) is 37.3 Å². The average Bonchev–Trinajstić information content (AvgIpc) is 0.936. The van der Waals surface area contributed by atoms with Crippen molar-refractivity contribution in [2.75, 3.05) is 39.6 Å². The molecule has 0 spiro atoms. The summed E-state index contributed by atoms with van der Waals surface area (Å²) < 4.78 is 68.6. The number of carbonyl (C=O) groups excluding carboxylic acids is 4. The fraction of sp³-hybridized carbons (Fsp3) is 0.741. The van der Waals surface area contributed by atoms with Crippen LogP contribution in [0.25, 0.3) is 0 Å². The largest absolute Gasteiger partial charge is 0.472 e. The van der Waals surface area contributed by atoms with Gasteiger partial charge in [-0.25, -0.2) is 9.13 Å². The van der Waals surface area contributed by atoms with Crippen molar-refractivity contribution >= 4 is 39.5 Å². The van der Waals surface area contributed by atoms with E-state index in [-0.39, 0.29) is 25.7 Å². The van der Waals surface area contributed by atoms with Gasteiger partial charge in [-0.15, -0.1) is 0 Å². The Morgan fingerprint density at radius 1 is 0.269 bits per heavy atom. The molecule has 0 rings (SSSR count). The molecule has 5 unspecified atom stereocenters. The molecule has 0 radical (unpaired) electrons. The zero-order chi connectivity index (χ0) is 76.0. The Balaban J connectivity index is 5.34. The summed E-state index contributed by atoms with van der Waals surface area (Å²) in [5.41, 5.74) is 0. The minimum Gasteiger partial charge on any atom is -0.462 e. The monoisotopic (exact) mass is 1500 g/mol. The Kier molecular flexibility index (Phi) is 73.7. The highest BCUT2D eigenvalue weighted by Gasteiger charge is 2.30. The molecule has 0 amide bonds. The third-order valence-electron chi connectivity index (χ3n) is 17.2. The van der Waals surface area contributed by atoms with Gasteiger partial charge in [-0.2, -0.15) is 0 Å². The summed E-state index contributed by atoms with van der Waals surface area (Å²) in [6.07, 6.45) is 83.4. The lowest BCUT2D eigenvalue weighted by Crippen LogP contribution is -2.30. The first-order valence-electron chi connectivity index (χ1n) is 41.1. The number of hydrogen-bond acceptors (Lipinski definition) is 15. The topological polar surface area (TPSA) is 237 Å². The first-order chi connectivity index (χ1) is 50.7. The Bertz CT molecular complexity index is 2390. The molecule has 0 heterocycles. The predicted octanol–water partition coefficient (Wildman–Crippen LogP) is 24.1. The number of rotatable bonds is 77. The van der Waals surface area contributed by atoms with Gasteiger partial charge in [0.2, 0.25) is 0 Å². The summed E-state index contributed by atoms with van der Waals surface area (Å²) in [6, 6.07) is 0. The molecule has 0 saturated carbocycles. The van der Waals surface area contributed by atoms with E-state index in [2.05, 4.69) is 137 Å². The molecule has 19 heteroatoms. The molecule has 600 valence electrons. The normalized spacial score (nSPS) is 14.4. The van der Waals surface area contributed by atoms with E-state index in [0.29, 0.717) is 25.7 Å². The van der Waals surface area contributed by atoms with Crippen LogP contribution in [0.3, 0.4) is 0 Å². The lowest BCUT2D eigenvalue weighted by Gasteiger charge is -2.21. The zero-order valence-electron chi connectivity index (χ0n) is 65.7. The molecule has 5 atom stereocenters. The number of aliphatic hydroxyl groups excluding tert-OH is 1. The summed E-state index contributed by atoms with van der Waals surface area (Å²) in [5.74, 6) is -2.22. The van der Waals surface area contributed by atoms with Crippen LogP contribution in [0.15, 0.2) is 109 Å². The lowest BCUT2D eigenvalue weighted by atomic mass is 10.1. The van der Waals surface area contributed by atoms with Gasteiger partial charge in [0.1, 0.15) is 19.3 Å². The average molecular weight is 1500 g/mol. The zero-order valence-corrected chi connectivity index (χ0v) is 67.5. The summed E-state index contributed by atoms with van der Waals surface area (Å²) >= 11 is 0. The number of aliphatic hydroxyl groups is 1. The molecule has 0 aromatic rings. The number of hydrogen-bond donors (Lipinski definition) is 3. The van der Waals surface area contributed by atoms with Crippen molar-refractivity contribution in [2.24, 2.45) is 0 Å². The minimum absolute atomic E-state index is 0.0751. The fourth-order valence-corrected chi connectivity index (χ4v) is 12.4. The van der Waals surface area contributed by atoms with E-state index in [4.69, 9.17) is 37.0 Å². The van der Waals surface area contributed by atoms with Gasteiger partial charge < -0.3 is 33.8 Å². The lowest BCUT2D eigenvalue weighted by molar-refractivity contribution is -0.161. The number of unbranched alkanes of at least 4 members (excludes halogenated alkanes) is 33. The summed E-state index contributed by atoms with van der Waals surface area (Å²) in [5, 5.41) is 10.6. The van der Waals surface area contributed by atoms with Gasteiger partial charge >= 0.3 is 39.5 Å². The number of esters is 4. The number of allylic oxidation sites excluding steroid dienone is 18. The van der Waals surface area contributed by atoms with E-state index >= 15 is 0 Å². The molecule has 0 bridgehead atoms. The molecule has 0 aliphatic heterocycles. The van der Waals surface area contributed by atoms with Crippen molar-refractivity contribution < 1.29 is 80.2 Å². The van der Waals surface area contributed by atoms with Crippen molar-refractivity contribution in [1.82, 2.24) is 0 Å². The summed E-state index contributed by atoms with van der Waals surface area (Å²) in [6.45, 7) is 4.73. The van der Waals surface area contributed by atoms with Crippen LogP contribution in [0.1, 0.15) is 349 Å². The van der Waals surface area contributed by atoms with Crippen LogP contribution in [0, 0.1) is 0 Å². The SMILES string of the molecule is CCCC/C=C\CCCCCCCC(=O)OC(COC(=O)CCCCCCCC/C=C\C/C=C\C/C=C\CCCCC)COP(=O)(O)OCC(O)COP(=O)(O)OCC(COC(=O)CCCCCCCC/C=C\C/C=C\C/C=C\CCCCC)OC(=O)CCCCCCC/C=C\C/C=C\CCCCC. The van der Waals surface area contributed by atoms with Crippen LogP contribution >= 0.6 is 15.6 Å². The smallest absolute Gasteiger partial charge is 0.462 e. The first-order valence-corrected chi connectivity index (χ1v) is 44.1. The number of ether oxygens (including phenoxy) is 4. The second kappa shape index (κ2) is 76.9. The second-order valence-electron chi connectivity index (χ2n) is 27.3. The number of phosphoric ester groups is 2. The van der Waals surface area contributed by atoms with Crippen molar-refractivity contribution in [2.45, 2.75) is 367 Å². The van der Waals surface area contributed by atoms with Gasteiger partial charge in [-0.1, -0.05) is 278 Å².